The number of aromatic nitrogens is 2. The molecule has 1 saturated heterocycles. The lowest BCUT2D eigenvalue weighted by molar-refractivity contribution is -0.122. The van der Waals surface area contributed by atoms with Gasteiger partial charge >= 0.3 is 0 Å². The average molecular weight is 314 g/mol. The van der Waals surface area contributed by atoms with Gasteiger partial charge in [-0.1, -0.05) is 11.8 Å². The molecule has 106 valence electrons. The van der Waals surface area contributed by atoms with Crippen molar-refractivity contribution in [2.24, 2.45) is 0 Å². The fourth-order valence-electron chi connectivity index (χ4n) is 1.47. The van der Waals surface area contributed by atoms with Crippen molar-refractivity contribution in [3.05, 3.63) is 5.82 Å². The lowest BCUT2D eigenvalue weighted by atomic mass is 10.3. The average Bonchev–Trinajstić information content (AvgIpc) is 2.85. The molecular formula is C10H10N4O4S2. The van der Waals surface area contributed by atoms with Crippen LogP contribution in [0.25, 0.3) is 0 Å². The predicted octanol–water partition coefficient (Wildman–Crippen LogP) is 0.350. The van der Waals surface area contributed by atoms with Gasteiger partial charge in [-0.2, -0.15) is 4.37 Å². The lowest BCUT2D eigenvalue weighted by Crippen LogP contribution is -2.27. The summed E-state index contributed by atoms with van der Waals surface area (Å²) in [4.78, 5) is 48.8. The van der Waals surface area contributed by atoms with Gasteiger partial charge in [-0.25, -0.2) is 4.98 Å². The number of nitrogens with one attached hydrogen (secondary N) is 2. The Hall–Kier alpha value is -1.81. The van der Waals surface area contributed by atoms with Gasteiger partial charge in [-0.3, -0.25) is 24.5 Å². The molecule has 0 unspecified atom stereocenters. The Bertz CT molecular complexity index is 586. The molecule has 0 saturated carbocycles. The van der Waals surface area contributed by atoms with Crippen molar-refractivity contribution >= 4 is 51.3 Å². The number of anilines is 1. The number of thioether (sulfide) groups is 1. The van der Waals surface area contributed by atoms with E-state index in [0.29, 0.717) is 5.82 Å². The Morgan fingerprint density at radius 3 is 2.75 bits per heavy atom. The molecule has 0 aromatic carbocycles. The zero-order valence-electron chi connectivity index (χ0n) is 10.3. The molecule has 8 nitrogen and oxygen atoms in total. The number of amides is 3. The van der Waals surface area contributed by atoms with Crippen molar-refractivity contribution in [2.45, 2.75) is 25.0 Å². The van der Waals surface area contributed by atoms with Gasteiger partial charge in [0.25, 0.3) is 5.24 Å². The minimum Gasteiger partial charge on any atom is -0.301 e. The van der Waals surface area contributed by atoms with Crippen LogP contribution in [-0.4, -0.2) is 37.4 Å². The monoisotopic (exact) mass is 314 g/mol. The standard InChI is InChI=1S/C10H10N4O4S2/c1-4(15)2-6-11-9(20-14-6)12-7(16)3-5-8(17)13-10(18)19-5/h5H,2-3H2,1H3,(H,13,17,18)(H,11,12,14,16)/t5-/m0/s1. The van der Waals surface area contributed by atoms with E-state index in [1.54, 1.807) is 0 Å². The largest absolute Gasteiger partial charge is 0.301 e. The lowest BCUT2D eigenvalue weighted by Gasteiger charge is -2.03. The highest BCUT2D eigenvalue weighted by atomic mass is 32.2. The van der Waals surface area contributed by atoms with Crippen LogP contribution in [0.4, 0.5) is 9.93 Å². The van der Waals surface area contributed by atoms with Gasteiger partial charge < -0.3 is 5.32 Å². The van der Waals surface area contributed by atoms with Crippen molar-refractivity contribution in [1.82, 2.24) is 14.7 Å². The van der Waals surface area contributed by atoms with E-state index < -0.39 is 22.3 Å². The third-order valence-corrected chi connectivity index (χ3v) is 3.91. The first kappa shape index (κ1) is 14.6. The van der Waals surface area contributed by atoms with Crippen molar-refractivity contribution in [2.75, 3.05) is 5.32 Å². The minimum absolute atomic E-state index is 0.0711. The molecule has 1 aliphatic rings. The molecular weight excluding hydrogens is 304 g/mol. The second-order valence-corrected chi connectivity index (χ2v) is 5.96. The van der Waals surface area contributed by atoms with E-state index >= 15 is 0 Å². The second-order valence-electron chi connectivity index (χ2n) is 4.03. The maximum absolute atomic E-state index is 11.7. The number of nitrogens with zero attached hydrogens (tertiary/aromatic N) is 2. The summed E-state index contributed by atoms with van der Waals surface area (Å²) < 4.78 is 3.92. The molecule has 1 atom stereocenters. The van der Waals surface area contributed by atoms with Gasteiger partial charge in [0.2, 0.25) is 16.9 Å². The Morgan fingerprint density at radius 2 is 2.15 bits per heavy atom. The van der Waals surface area contributed by atoms with E-state index in [-0.39, 0.29) is 23.8 Å². The van der Waals surface area contributed by atoms with Crippen molar-refractivity contribution in [1.29, 1.82) is 0 Å². The number of carbonyl (C=O) groups is 4. The van der Waals surface area contributed by atoms with Crippen LogP contribution >= 0.6 is 23.3 Å². The summed E-state index contributed by atoms with van der Waals surface area (Å²) >= 11 is 1.75. The summed E-state index contributed by atoms with van der Waals surface area (Å²) in [6.07, 6.45) is -0.00832. The summed E-state index contributed by atoms with van der Waals surface area (Å²) in [5.74, 6) is -0.623. The molecule has 3 amide bonds. The van der Waals surface area contributed by atoms with Crippen molar-refractivity contribution < 1.29 is 19.2 Å². The third kappa shape index (κ3) is 3.84. The van der Waals surface area contributed by atoms with Crippen LogP contribution in [0.2, 0.25) is 0 Å². The number of Topliss-reactive ketones (excluding diaryl/α,β-unsaturated/α-hetero) is 1. The van der Waals surface area contributed by atoms with Crippen molar-refractivity contribution in [3.63, 3.8) is 0 Å². The first-order valence-corrected chi connectivity index (χ1v) is 7.22. The quantitative estimate of drug-likeness (QED) is 0.805. The van der Waals surface area contributed by atoms with Crippen LogP contribution in [0.1, 0.15) is 19.2 Å². The zero-order valence-corrected chi connectivity index (χ0v) is 12.0. The number of carbonyl (C=O) groups excluding carboxylic acids is 4. The molecule has 1 aromatic rings. The van der Waals surface area contributed by atoms with Crippen molar-refractivity contribution in [3.8, 4) is 0 Å². The Balaban J connectivity index is 1.88. The summed E-state index contributed by atoms with van der Waals surface area (Å²) in [6, 6.07) is 0. The van der Waals surface area contributed by atoms with Gasteiger partial charge in [-0.15, -0.1) is 0 Å². The maximum atomic E-state index is 11.7. The zero-order chi connectivity index (χ0) is 14.7. The van der Waals surface area contributed by atoms with E-state index in [1.165, 1.54) is 6.92 Å². The summed E-state index contributed by atoms with van der Waals surface area (Å²) in [5, 5.41) is 3.69. The van der Waals surface area contributed by atoms with Crippen LogP contribution in [0.5, 0.6) is 0 Å². The maximum Gasteiger partial charge on any atom is 0.286 e. The summed E-state index contributed by atoms with van der Waals surface area (Å²) in [6.45, 7) is 1.42. The first-order chi connectivity index (χ1) is 9.44. The van der Waals surface area contributed by atoms with Gasteiger partial charge in [0.15, 0.2) is 5.82 Å². The number of ketones is 1. The predicted molar refractivity (Wildman–Crippen MR) is 72.5 cm³/mol. The molecule has 0 radical (unpaired) electrons. The summed E-state index contributed by atoms with van der Waals surface area (Å²) in [5.41, 5.74) is 0. The number of hydrogen-bond donors (Lipinski definition) is 2. The second kappa shape index (κ2) is 6.09. The Morgan fingerprint density at radius 1 is 1.40 bits per heavy atom. The minimum atomic E-state index is -0.716. The third-order valence-electron chi connectivity index (χ3n) is 2.26. The molecule has 2 N–H and O–H groups in total. The van der Waals surface area contributed by atoms with E-state index in [0.717, 1.165) is 23.3 Å². The smallest absolute Gasteiger partial charge is 0.286 e. The Kier molecular flexibility index (Phi) is 4.45. The molecule has 20 heavy (non-hydrogen) atoms. The highest BCUT2D eigenvalue weighted by molar-refractivity contribution is 8.15. The molecule has 0 bridgehead atoms. The summed E-state index contributed by atoms with van der Waals surface area (Å²) in [7, 11) is 0. The molecule has 2 heterocycles. The molecule has 0 aliphatic carbocycles. The molecule has 10 heteroatoms. The normalized spacial score (nSPS) is 17.9. The van der Waals surface area contributed by atoms with E-state index in [4.69, 9.17) is 0 Å². The first-order valence-electron chi connectivity index (χ1n) is 5.57. The van der Waals surface area contributed by atoms with E-state index in [1.807, 2.05) is 0 Å². The van der Waals surface area contributed by atoms with Crippen LogP contribution in [-0.2, 0) is 20.8 Å². The SMILES string of the molecule is CC(=O)Cc1nsc(NC(=O)C[C@@H]2SC(=O)NC2=O)n1. The van der Waals surface area contributed by atoms with Crippen LogP contribution in [0.3, 0.4) is 0 Å². The highest BCUT2D eigenvalue weighted by Crippen LogP contribution is 2.22. The van der Waals surface area contributed by atoms with Crippen LogP contribution in [0.15, 0.2) is 0 Å². The number of hydrogen-bond acceptors (Lipinski definition) is 8. The fourth-order valence-corrected chi connectivity index (χ4v) is 2.89. The van der Waals surface area contributed by atoms with Gasteiger partial charge in [0.05, 0.1) is 6.42 Å². The van der Waals surface area contributed by atoms with Crippen LogP contribution < -0.4 is 10.6 Å². The molecule has 1 fully saturated rings. The van der Waals surface area contributed by atoms with Gasteiger partial charge in [0, 0.05) is 18.0 Å². The molecule has 0 spiro atoms. The van der Waals surface area contributed by atoms with E-state index in [9.17, 15) is 19.2 Å². The molecule has 1 aliphatic heterocycles. The molecule has 1 aromatic heterocycles. The highest BCUT2D eigenvalue weighted by Gasteiger charge is 2.33. The van der Waals surface area contributed by atoms with Crippen LogP contribution in [0, 0.1) is 0 Å². The van der Waals surface area contributed by atoms with Gasteiger partial charge in [0.1, 0.15) is 11.0 Å². The number of imide groups is 1. The number of rotatable bonds is 5. The Labute approximate surface area is 121 Å². The molecule has 2 rings (SSSR count). The van der Waals surface area contributed by atoms with E-state index in [2.05, 4.69) is 20.0 Å². The topological polar surface area (TPSA) is 118 Å². The fraction of sp³-hybridized carbons (Fsp3) is 0.400. The van der Waals surface area contributed by atoms with Gasteiger partial charge in [-0.05, 0) is 6.92 Å².